The molecule has 676 valence electrons. The molecule has 8 aromatic heterocycles. The van der Waals surface area contributed by atoms with Crippen molar-refractivity contribution in [1.29, 1.82) is 0 Å². The monoisotopic (exact) mass is 2090 g/mol. The van der Waals surface area contributed by atoms with Gasteiger partial charge in [-0.2, -0.15) is 20.4 Å². The molecular weight excluding hydrogens is 2030 g/mol. The van der Waals surface area contributed by atoms with Crippen LogP contribution in [0.1, 0.15) is 103 Å². The molecule has 2 aliphatic rings. The lowest BCUT2D eigenvalue weighted by atomic mass is 9.81. The van der Waals surface area contributed by atoms with Crippen LogP contribution in [-0.4, -0.2) is 179 Å². The van der Waals surface area contributed by atoms with Crippen molar-refractivity contribution in [3.05, 3.63) is 273 Å². The highest BCUT2D eigenvalue weighted by atomic mass is 79.9. The van der Waals surface area contributed by atoms with Gasteiger partial charge in [0.2, 0.25) is 53.2 Å². The van der Waals surface area contributed by atoms with Gasteiger partial charge >= 0.3 is 7.12 Å². The third kappa shape index (κ3) is 26.4. The average molecular weight is 2100 g/mol. The lowest BCUT2D eigenvalue weighted by Crippen LogP contribution is -2.29. The van der Waals surface area contributed by atoms with Crippen molar-refractivity contribution >= 4 is 213 Å². The Morgan fingerprint density at radius 1 is 0.488 bits per heavy atom. The molecule has 6 aromatic carbocycles. The molecule has 50 heteroatoms. The Balaban J connectivity index is 0.000000167. The molecule has 1 saturated heterocycles. The minimum Gasteiger partial charge on any atom is -0.502 e. The number of rotatable bonds is 17. The Labute approximate surface area is 762 Å². The van der Waals surface area contributed by atoms with Crippen LogP contribution in [0.4, 0.5) is 57.9 Å². The quantitative estimate of drug-likeness (QED) is 0.0177. The molecule has 1 unspecified atom stereocenters. The SMILES string of the molecule is C1=COCCC1.CS(=O)(=O)Nc1c(F)ccc(C(=O)c2[nH]nc3ncc(-c4ccc(Cl)cc4)cc23)c1F.CS(=O)(=O)Nc1c(F)ccc(C(=O)c2[nH]nc3ncc(Br)cc23)c1F.CS(=O)(=O)Nc1c(F)ccc(C(=O)c2nn(C3CCCCO3)c3ncc(Br)cc23)c1F.CS(C)(=O)=O.Nc1c(F)ccc(C(=O)c2[nH]nc3ncc(Br)cc23)c1F.OB(O)c1ccc(Cl)cc1. The number of benzene rings is 6. The van der Waals surface area contributed by atoms with E-state index in [9.17, 15) is 88.0 Å². The Hall–Kier alpha value is -11.6. The third-order valence-corrected chi connectivity index (χ3v) is 20.9. The number of anilines is 4. The maximum atomic E-state index is 15.0. The van der Waals surface area contributed by atoms with Crippen molar-refractivity contribution in [1.82, 2.24) is 60.3 Å². The van der Waals surface area contributed by atoms with Crippen LogP contribution >= 0.6 is 71.0 Å². The minimum absolute atomic E-state index is 0.0559. The molecule has 0 saturated carbocycles. The summed E-state index contributed by atoms with van der Waals surface area (Å²) in [5.74, 6) is -12.6. The molecule has 10 N–H and O–H groups in total. The summed E-state index contributed by atoms with van der Waals surface area (Å²) >= 11 is 21.2. The molecule has 10 heterocycles. The number of sulfone groups is 1. The Morgan fingerprint density at radius 3 is 1.26 bits per heavy atom. The number of carbonyl (C=O) groups is 4. The summed E-state index contributed by atoms with van der Waals surface area (Å²) in [4.78, 5) is 67.8. The van der Waals surface area contributed by atoms with Crippen LogP contribution < -0.4 is 25.4 Å². The standard InChI is InChI=1S/C20H13ClF2N4O3S.C19H17BrF2N4O4S.C14H9BrF2N4O3S.C13H7BrF2N4O.C6H6BClO2.C5H8O.C2H6O2S/c1-31(29,30)27-18-15(22)7-6-13(16(18)23)19(28)17-14-8-11(9-24-20(14)26-25-17)10-2-4-12(21)5-3-10;1-31(28,29)25-17-13(21)6-5-11(15(17)22)18(27)16-12-8-10(20)9-23-19(12)26(24-16)14-4-2-3-7-30-14;1-25(23,24)21-12-9(16)3-2-7(10(12)17)13(22)11-8-4-6(15)5-18-14(8)20-19-11;14-5-3-7-11(19-20-13(7)18-4-5)12(21)6-1-2-8(15)10(17)9(6)16;8-6-3-1-5(2-4-6)7(9)10;1-2-4-6-5-3-1;1-5(2,3)4/h2-9,27H,1H3,(H,24,25,26);5-6,8-9,14,25H,2-4,7H2,1H3;2-5,21H,1H3,(H,18,19,20);1-4H,17H2,(H,18,19,20);1-4,9-10H;2,4H,1,3,5H2;1-2H3. The van der Waals surface area contributed by atoms with Gasteiger partial charge in [0.15, 0.2) is 52.1 Å². The topological polar surface area (TPSA) is 481 Å². The van der Waals surface area contributed by atoms with Gasteiger partial charge < -0.3 is 25.3 Å². The molecule has 0 bridgehead atoms. The van der Waals surface area contributed by atoms with Crippen LogP contribution in [0.15, 0.2) is 172 Å². The van der Waals surface area contributed by atoms with Gasteiger partial charge in [-0.3, -0.25) is 48.6 Å². The Bertz CT molecular complexity index is 7150. The normalized spacial score (nSPS) is 13.1. The summed E-state index contributed by atoms with van der Waals surface area (Å²) < 4.78 is 220. The second-order valence-corrected chi connectivity index (χ2v) is 38.8. The number of H-pyrrole nitrogens is 3. The average Bonchev–Trinajstić information content (AvgIpc) is 1.93. The zero-order valence-electron chi connectivity index (χ0n) is 66.9. The van der Waals surface area contributed by atoms with Gasteiger partial charge in [-0.15, -0.1) is 0 Å². The molecule has 0 aliphatic carbocycles. The molecular formula is C79H66BBr3Cl2F8N16O16S4. The molecule has 0 amide bonds. The second kappa shape index (κ2) is 42.8. The number of hydrogen-bond acceptors (Lipinski definition) is 25. The number of aromatic amines is 3. The van der Waals surface area contributed by atoms with Gasteiger partial charge in [0.05, 0.1) is 75.4 Å². The third-order valence-electron chi connectivity index (χ3n) is 17.4. The number of halogens is 13. The van der Waals surface area contributed by atoms with Gasteiger partial charge in [0.25, 0.3) is 0 Å². The van der Waals surface area contributed by atoms with Crippen LogP contribution in [0.5, 0.6) is 0 Å². The number of carbonyl (C=O) groups excluding carboxylic acids is 4. The van der Waals surface area contributed by atoms with Crippen LogP contribution in [0.2, 0.25) is 10.0 Å². The van der Waals surface area contributed by atoms with E-state index < -0.39 is 162 Å². The van der Waals surface area contributed by atoms with Crippen molar-refractivity contribution < 1.29 is 107 Å². The molecule has 2 aliphatic heterocycles. The van der Waals surface area contributed by atoms with Gasteiger partial charge in [0.1, 0.15) is 78.6 Å². The van der Waals surface area contributed by atoms with Crippen molar-refractivity contribution in [3.63, 3.8) is 0 Å². The molecule has 0 radical (unpaired) electrons. The number of hydrogen-bond donors (Lipinski definition) is 9. The largest absolute Gasteiger partial charge is 0.502 e. The fourth-order valence-corrected chi connectivity index (χ4v) is 14.6. The first kappa shape index (κ1) is 99.6. The van der Waals surface area contributed by atoms with Gasteiger partial charge in [-0.25, -0.2) is 93.4 Å². The summed E-state index contributed by atoms with van der Waals surface area (Å²) in [5.41, 5.74) is 2.77. The number of nitrogens with zero attached hydrogens (tertiary/aromatic N) is 9. The maximum Gasteiger partial charge on any atom is 0.488 e. The van der Waals surface area contributed by atoms with Crippen LogP contribution in [-0.2, 0) is 49.4 Å². The number of nitrogens with two attached hydrogens (primary N) is 1. The summed E-state index contributed by atoms with van der Waals surface area (Å²) in [6, 6.07) is 27.0. The van der Waals surface area contributed by atoms with Crippen LogP contribution in [0.25, 0.3) is 55.3 Å². The van der Waals surface area contributed by atoms with Gasteiger partial charge in [-0.1, -0.05) is 47.5 Å². The summed E-state index contributed by atoms with van der Waals surface area (Å²) in [6.45, 7) is 1.45. The number of pyridine rings is 4. The van der Waals surface area contributed by atoms with E-state index in [2.05, 4.69) is 103 Å². The highest BCUT2D eigenvalue weighted by molar-refractivity contribution is 9.11. The number of aromatic nitrogens is 12. The van der Waals surface area contributed by atoms with Gasteiger partial charge in [0, 0.05) is 72.9 Å². The molecule has 1 atom stereocenters. The number of allylic oxidation sites excluding steroid dienone is 1. The minimum atomic E-state index is -3.97. The molecule has 0 spiro atoms. The van der Waals surface area contributed by atoms with Crippen LogP contribution in [0.3, 0.4) is 0 Å². The van der Waals surface area contributed by atoms with E-state index in [0.29, 0.717) is 80.4 Å². The Kier molecular flexibility index (Phi) is 33.0. The van der Waals surface area contributed by atoms with Crippen molar-refractivity contribution in [3.8, 4) is 11.1 Å². The molecule has 1 fully saturated rings. The van der Waals surface area contributed by atoms with E-state index in [0.717, 1.165) is 105 Å². The van der Waals surface area contributed by atoms with E-state index in [1.807, 2.05) is 6.08 Å². The number of ketones is 4. The smallest absolute Gasteiger partial charge is 0.488 e. The zero-order valence-corrected chi connectivity index (χ0v) is 76.4. The van der Waals surface area contributed by atoms with E-state index in [4.69, 9.17) is 48.5 Å². The van der Waals surface area contributed by atoms with E-state index in [-0.39, 0.29) is 39.6 Å². The predicted octanol–water partition coefficient (Wildman–Crippen LogP) is 14.3. The zero-order chi connectivity index (χ0) is 94.5. The molecule has 16 rings (SSSR count). The van der Waals surface area contributed by atoms with Crippen molar-refractivity contribution in [2.75, 3.05) is 64.4 Å². The first-order chi connectivity index (χ1) is 60.6. The van der Waals surface area contributed by atoms with E-state index in [1.54, 1.807) is 106 Å². The first-order valence-corrected chi connectivity index (χ1v) is 47.8. The van der Waals surface area contributed by atoms with Crippen molar-refractivity contribution in [2.24, 2.45) is 0 Å². The van der Waals surface area contributed by atoms with Gasteiger partial charge in [-0.05, 0) is 194 Å². The highest BCUT2D eigenvalue weighted by Gasteiger charge is 2.32. The van der Waals surface area contributed by atoms with E-state index >= 15 is 0 Å². The molecule has 14 aromatic rings. The van der Waals surface area contributed by atoms with Crippen LogP contribution in [0, 0.1) is 46.5 Å². The number of sulfonamides is 3. The lowest BCUT2D eigenvalue weighted by molar-refractivity contribution is -0.0371. The predicted molar refractivity (Wildman–Crippen MR) is 477 cm³/mol. The van der Waals surface area contributed by atoms with Crippen molar-refractivity contribution in [2.45, 2.75) is 38.3 Å². The maximum absolute atomic E-state index is 15.0. The first-order valence-electron chi connectivity index (χ1n) is 36.7. The number of ether oxygens (including phenoxy) is 2. The number of nitrogen functional groups attached to an aromatic ring is 1. The lowest BCUT2D eigenvalue weighted by Gasteiger charge is -2.22. The molecule has 129 heavy (non-hydrogen) atoms. The Morgan fingerprint density at radius 2 is 0.876 bits per heavy atom. The summed E-state index contributed by atoms with van der Waals surface area (Å²) in [5, 5.41) is 43.4. The second-order valence-electron chi connectivity index (χ2n) is 27.7. The molecule has 32 nitrogen and oxygen atoms in total. The number of fused-ring (bicyclic) bond motifs is 4. The fraction of sp³-hybridized carbons (Fsp3) is 0.165. The summed E-state index contributed by atoms with van der Waals surface area (Å²) in [6.07, 6.45) is 18.9. The summed E-state index contributed by atoms with van der Waals surface area (Å²) in [7, 11) is -16.0. The highest BCUT2D eigenvalue weighted by Crippen LogP contribution is 2.36. The van der Waals surface area contributed by atoms with E-state index in [1.165, 1.54) is 29.9 Å². The fourth-order valence-electron chi connectivity index (χ4n) is 11.7. The number of nitrogens with one attached hydrogen (secondary N) is 6.